The number of fused-ring (bicyclic) bond motifs is 1. The van der Waals surface area contributed by atoms with Crippen molar-refractivity contribution >= 4 is 17.0 Å². The topological polar surface area (TPSA) is 92.5 Å². The summed E-state index contributed by atoms with van der Waals surface area (Å²) in [6, 6.07) is 0. The van der Waals surface area contributed by atoms with E-state index in [4.69, 9.17) is 5.73 Å². The third-order valence-corrected chi connectivity index (χ3v) is 2.54. The Kier molecular flexibility index (Phi) is 3.47. The van der Waals surface area contributed by atoms with Crippen LogP contribution in [0, 0.1) is 5.41 Å². The molecular weight excluding hydrogens is 228 g/mol. The van der Waals surface area contributed by atoms with Gasteiger partial charge in [0.2, 0.25) is 0 Å². The number of nitrogens with one attached hydrogen (secondary N) is 2. The van der Waals surface area contributed by atoms with Crippen LogP contribution in [0.25, 0.3) is 11.2 Å². The predicted molar refractivity (Wildman–Crippen MR) is 72.1 cm³/mol. The molecular formula is C12H20N6. The average Bonchev–Trinajstić information content (AvgIpc) is 2.71. The molecule has 0 radical (unpaired) electrons. The highest BCUT2D eigenvalue weighted by atomic mass is 15.0. The van der Waals surface area contributed by atoms with Gasteiger partial charge < -0.3 is 16.0 Å². The molecule has 2 heterocycles. The zero-order chi connectivity index (χ0) is 13.2. The molecule has 0 aliphatic heterocycles. The largest absolute Gasteiger partial charge is 0.382 e. The van der Waals surface area contributed by atoms with Crippen LogP contribution in [0.15, 0.2) is 6.33 Å². The Morgan fingerprint density at radius 1 is 1.33 bits per heavy atom. The van der Waals surface area contributed by atoms with Gasteiger partial charge in [0.25, 0.3) is 0 Å². The molecule has 0 aliphatic rings. The predicted octanol–water partition coefficient (Wildman–Crippen LogP) is 1.11. The highest BCUT2D eigenvalue weighted by molar-refractivity contribution is 5.80. The lowest BCUT2D eigenvalue weighted by Crippen LogP contribution is -2.28. The molecule has 0 aliphatic carbocycles. The van der Waals surface area contributed by atoms with E-state index in [1.165, 1.54) is 0 Å². The van der Waals surface area contributed by atoms with Gasteiger partial charge in [-0.1, -0.05) is 20.8 Å². The number of nitrogens with two attached hydrogens (primary N) is 1. The molecule has 18 heavy (non-hydrogen) atoms. The highest BCUT2D eigenvalue weighted by Gasteiger charge is 2.10. The van der Waals surface area contributed by atoms with Crippen LogP contribution in [0.4, 0.5) is 5.82 Å². The van der Waals surface area contributed by atoms with E-state index >= 15 is 0 Å². The van der Waals surface area contributed by atoms with Gasteiger partial charge in [0, 0.05) is 19.5 Å². The van der Waals surface area contributed by atoms with Gasteiger partial charge in [-0.25, -0.2) is 15.0 Å². The van der Waals surface area contributed by atoms with Crippen molar-refractivity contribution in [1.29, 1.82) is 0 Å². The van der Waals surface area contributed by atoms with E-state index in [2.05, 4.69) is 46.0 Å². The van der Waals surface area contributed by atoms with Gasteiger partial charge in [0.15, 0.2) is 11.5 Å². The first-order valence-corrected chi connectivity index (χ1v) is 6.12. The summed E-state index contributed by atoms with van der Waals surface area (Å²) in [5.74, 6) is 1.19. The molecule has 0 unspecified atom stereocenters. The van der Waals surface area contributed by atoms with Gasteiger partial charge in [-0.15, -0.1) is 0 Å². The fourth-order valence-corrected chi connectivity index (χ4v) is 1.68. The number of nitrogen functional groups attached to an aromatic ring is 1. The summed E-state index contributed by atoms with van der Waals surface area (Å²) in [5.41, 5.74) is 7.46. The number of rotatable bonds is 4. The molecule has 0 saturated heterocycles. The van der Waals surface area contributed by atoms with Crippen molar-refractivity contribution in [2.24, 2.45) is 5.41 Å². The third-order valence-electron chi connectivity index (χ3n) is 2.54. The van der Waals surface area contributed by atoms with E-state index in [9.17, 15) is 0 Å². The summed E-state index contributed by atoms with van der Waals surface area (Å²) < 4.78 is 0. The van der Waals surface area contributed by atoms with Gasteiger partial charge in [0.05, 0.1) is 6.33 Å². The molecule has 2 aromatic rings. The van der Waals surface area contributed by atoms with Crippen LogP contribution in [0.3, 0.4) is 0 Å². The first-order valence-electron chi connectivity index (χ1n) is 6.12. The minimum absolute atomic E-state index is 0.284. The highest BCUT2D eigenvalue weighted by Crippen LogP contribution is 2.13. The summed E-state index contributed by atoms with van der Waals surface area (Å²) in [6.07, 6.45) is 2.33. The van der Waals surface area contributed by atoms with Crippen molar-refractivity contribution in [2.45, 2.75) is 27.2 Å². The van der Waals surface area contributed by atoms with Crippen molar-refractivity contribution in [2.75, 3.05) is 18.8 Å². The molecule has 0 spiro atoms. The monoisotopic (exact) mass is 248 g/mol. The lowest BCUT2D eigenvalue weighted by atomic mass is 9.97. The van der Waals surface area contributed by atoms with Gasteiger partial charge in [-0.2, -0.15) is 0 Å². The Balaban J connectivity index is 1.95. The van der Waals surface area contributed by atoms with E-state index in [1.807, 2.05) is 0 Å². The Morgan fingerprint density at radius 2 is 2.11 bits per heavy atom. The average molecular weight is 248 g/mol. The first-order chi connectivity index (χ1) is 8.46. The summed E-state index contributed by atoms with van der Waals surface area (Å²) in [6.45, 7) is 8.40. The van der Waals surface area contributed by atoms with Crippen LogP contribution in [-0.4, -0.2) is 33.0 Å². The molecule has 2 rings (SSSR count). The maximum atomic E-state index is 5.83. The SMILES string of the molecule is CC(C)(C)CNCCc1nc(N)c2[nH]cnc2n1. The van der Waals surface area contributed by atoms with Crippen molar-refractivity contribution in [3.05, 3.63) is 12.2 Å². The molecule has 2 aromatic heterocycles. The first kappa shape index (κ1) is 12.8. The summed E-state index contributed by atoms with van der Waals surface area (Å²) in [4.78, 5) is 15.6. The Morgan fingerprint density at radius 3 is 2.83 bits per heavy atom. The fourth-order valence-electron chi connectivity index (χ4n) is 1.68. The number of hydrogen-bond donors (Lipinski definition) is 3. The summed E-state index contributed by atoms with van der Waals surface area (Å²) in [5, 5.41) is 3.39. The number of anilines is 1. The minimum atomic E-state index is 0.284. The van der Waals surface area contributed by atoms with Crippen LogP contribution in [0.2, 0.25) is 0 Å². The Bertz CT molecular complexity index is 525. The van der Waals surface area contributed by atoms with E-state index in [1.54, 1.807) is 6.33 Å². The van der Waals surface area contributed by atoms with Gasteiger partial charge in [0.1, 0.15) is 11.3 Å². The van der Waals surface area contributed by atoms with E-state index in [0.717, 1.165) is 25.3 Å². The van der Waals surface area contributed by atoms with Gasteiger partial charge in [-0.3, -0.25) is 0 Å². The quantitative estimate of drug-likeness (QED) is 0.705. The van der Waals surface area contributed by atoms with Crippen LogP contribution < -0.4 is 11.1 Å². The summed E-state index contributed by atoms with van der Waals surface area (Å²) >= 11 is 0. The number of aromatic nitrogens is 4. The Hall–Kier alpha value is -1.69. The Labute approximate surface area is 106 Å². The lowest BCUT2D eigenvalue weighted by Gasteiger charge is -2.18. The molecule has 4 N–H and O–H groups in total. The second-order valence-corrected chi connectivity index (χ2v) is 5.61. The number of nitrogens with zero attached hydrogens (tertiary/aromatic N) is 3. The van der Waals surface area contributed by atoms with Crippen LogP contribution in [0.1, 0.15) is 26.6 Å². The normalized spacial score (nSPS) is 12.2. The molecule has 0 fully saturated rings. The molecule has 0 saturated carbocycles. The number of aromatic amines is 1. The maximum absolute atomic E-state index is 5.83. The lowest BCUT2D eigenvalue weighted by molar-refractivity contribution is 0.381. The van der Waals surface area contributed by atoms with Crippen molar-refractivity contribution in [3.8, 4) is 0 Å². The molecule has 0 aromatic carbocycles. The zero-order valence-corrected chi connectivity index (χ0v) is 11.1. The van der Waals surface area contributed by atoms with E-state index < -0.39 is 0 Å². The van der Waals surface area contributed by atoms with E-state index in [0.29, 0.717) is 17.0 Å². The molecule has 6 heteroatoms. The molecule has 6 nitrogen and oxygen atoms in total. The smallest absolute Gasteiger partial charge is 0.183 e. The van der Waals surface area contributed by atoms with Crippen molar-refractivity contribution in [3.63, 3.8) is 0 Å². The van der Waals surface area contributed by atoms with E-state index in [-0.39, 0.29) is 5.41 Å². The fraction of sp³-hybridized carbons (Fsp3) is 0.583. The second-order valence-electron chi connectivity index (χ2n) is 5.61. The standard InChI is InChI=1S/C12H20N6/c1-12(2,3)6-14-5-4-8-17-10(13)9-11(18-8)16-7-15-9/h7,14H,4-6H2,1-3H3,(H3,13,15,16,17,18). The second kappa shape index (κ2) is 4.89. The number of imidazole rings is 1. The van der Waals surface area contributed by atoms with Gasteiger partial charge >= 0.3 is 0 Å². The summed E-state index contributed by atoms with van der Waals surface area (Å²) in [7, 11) is 0. The molecule has 0 atom stereocenters. The minimum Gasteiger partial charge on any atom is -0.382 e. The molecule has 0 amide bonds. The molecule has 98 valence electrons. The van der Waals surface area contributed by atoms with Crippen molar-refractivity contribution in [1.82, 2.24) is 25.3 Å². The van der Waals surface area contributed by atoms with Gasteiger partial charge in [-0.05, 0) is 5.41 Å². The zero-order valence-electron chi connectivity index (χ0n) is 11.1. The maximum Gasteiger partial charge on any atom is 0.183 e. The third kappa shape index (κ3) is 3.16. The van der Waals surface area contributed by atoms with Crippen LogP contribution in [0.5, 0.6) is 0 Å². The molecule has 0 bridgehead atoms. The number of hydrogen-bond acceptors (Lipinski definition) is 5. The van der Waals surface area contributed by atoms with Crippen molar-refractivity contribution < 1.29 is 0 Å². The van der Waals surface area contributed by atoms with Crippen LogP contribution >= 0.6 is 0 Å². The number of H-pyrrole nitrogens is 1. The van der Waals surface area contributed by atoms with Crippen LogP contribution in [-0.2, 0) is 6.42 Å².